The Morgan fingerprint density at radius 2 is 1.73 bits per heavy atom. The fraction of sp³-hybridized carbons (Fsp3) is 0.190. The van der Waals surface area contributed by atoms with Crippen LogP contribution in [0, 0.1) is 0 Å². The Bertz CT molecular complexity index is 1220. The molecule has 0 fully saturated rings. The van der Waals surface area contributed by atoms with Gasteiger partial charge in [-0.3, -0.25) is 9.59 Å². The molecule has 30 heavy (non-hydrogen) atoms. The molecule has 1 atom stereocenters. The lowest BCUT2D eigenvalue weighted by Crippen LogP contribution is -2.24. The van der Waals surface area contributed by atoms with Gasteiger partial charge in [-0.1, -0.05) is 36.9 Å². The lowest BCUT2D eigenvalue weighted by atomic mass is 10.2. The van der Waals surface area contributed by atoms with E-state index in [9.17, 15) is 9.59 Å². The van der Waals surface area contributed by atoms with Gasteiger partial charge in [0.2, 0.25) is 17.0 Å². The molecule has 152 valence electrons. The van der Waals surface area contributed by atoms with Crippen LogP contribution < -0.4 is 10.6 Å². The molecule has 0 saturated heterocycles. The van der Waals surface area contributed by atoms with Gasteiger partial charge in [-0.25, -0.2) is 4.98 Å². The van der Waals surface area contributed by atoms with Gasteiger partial charge in [0.25, 0.3) is 0 Å². The van der Waals surface area contributed by atoms with Crippen LogP contribution in [0.1, 0.15) is 20.3 Å². The second-order valence-electron chi connectivity index (χ2n) is 6.72. The van der Waals surface area contributed by atoms with Gasteiger partial charge in [0.05, 0.1) is 5.25 Å². The number of hydrogen-bond acceptors (Lipinski definition) is 6. The molecule has 3 N–H and O–H groups in total. The maximum absolute atomic E-state index is 12.7. The zero-order valence-electron chi connectivity index (χ0n) is 16.5. The highest BCUT2D eigenvalue weighted by molar-refractivity contribution is 8.00. The van der Waals surface area contributed by atoms with Gasteiger partial charge in [0, 0.05) is 29.2 Å². The number of nitrogens with one attached hydrogen (secondary N) is 3. The zero-order valence-corrected chi connectivity index (χ0v) is 17.3. The number of aromatic nitrogens is 4. The molecule has 2 aromatic carbocycles. The monoisotopic (exact) mass is 420 g/mol. The predicted octanol–water partition coefficient (Wildman–Crippen LogP) is 3.97. The highest BCUT2D eigenvalue weighted by atomic mass is 32.2. The molecule has 0 aliphatic heterocycles. The van der Waals surface area contributed by atoms with Crippen LogP contribution in [0.3, 0.4) is 0 Å². The van der Waals surface area contributed by atoms with Crippen molar-refractivity contribution in [3.63, 3.8) is 0 Å². The first-order valence-corrected chi connectivity index (χ1v) is 10.4. The molecule has 2 aromatic heterocycles. The largest absolute Gasteiger partial charge is 0.338 e. The van der Waals surface area contributed by atoms with Gasteiger partial charge in [-0.15, -0.1) is 10.2 Å². The van der Waals surface area contributed by atoms with E-state index in [0.717, 1.165) is 10.9 Å². The number of carbonyl (C=O) groups is 2. The number of benzene rings is 2. The number of thioether (sulfide) groups is 1. The molecule has 8 nitrogen and oxygen atoms in total. The van der Waals surface area contributed by atoms with Crippen LogP contribution in [0.25, 0.3) is 22.1 Å². The van der Waals surface area contributed by atoms with E-state index in [-0.39, 0.29) is 17.1 Å². The van der Waals surface area contributed by atoms with Crippen LogP contribution in [0.4, 0.5) is 11.4 Å². The number of aromatic amines is 1. The van der Waals surface area contributed by atoms with E-state index in [1.807, 2.05) is 31.2 Å². The van der Waals surface area contributed by atoms with Gasteiger partial charge < -0.3 is 15.6 Å². The number of carbonyl (C=O) groups excluding carboxylic acids is 2. The van der Waals surface area contributed by atoms with Crippen molar-refractivity contribution in [3.8, 4) is 0 Å². The topological polar surface area (TPSA) is 113 Å². The number of anilines is 2. The van der Waals surface area contributed by atoms with Gasteiger partial charge in [-0.2, -0.15) is 0 Å². The smallest absolute Gasteiger partial charge is 0.237 e. The van der Waals surface area contributed by atoms with E-state index in [1.165, 1.54) is 18.7 Å². The lowest BCUT2D eigenvalue weighted by molar-refractivity contribution is -0.116. The van der Waals surface area contributed by atoms with Gasteiger partial charge in [0.1, 0.15) is 5.52 Å². The number of fused-ring (bicyclic) bond motifs is 3. The van der Waals surface area contributed by atoms with Crippen molar-refractivity contribution in [1.82, 2.24) is 20.2 Å². The molecule has 0 aliphatic carbocycles. The summed E-state index contributed by atoms with van der Waals surface area (Å²) in [7, 11) is 0. The van der Waals surface area contributed by atoms with Crippen molar-refractivity contribution >= 4 is 57.0 Å². The minimum atomic E-state index is -0.372. The molecule has 0 spiro atoms. The van der Waals surface area contributed by atoms with Gasteiger partial charge in [-0.05, 0) is 36.8 Å². The van der Waals surface area contributed by atoms with Crippen LogP contribution in [0.5, 0.6) is 0 Å². The summed E-state index contributed by atoms with van der Waals surface area (Å²) in [6.45, 7) is 3.38. The average Bonchev–Trinajstić information content (AvgIpc) is 3.10. The number of rotatable bonds is 6. The maximum atomic E-state index is 12.7. The van der Waals surface area contributed by atoms with Crippen molar-refractivity contribution in [3.05, 3.63) is 48.5 Å². The number of hydrogen-bond donors (Lipinski definition) is 3. The fourth-order valence-electron chi connectivity index (χ4n) is 3.07. The zero-order chi connectivity index (χ0) is 21.1. The van der Waals surface area contributed by atoms with E-state index in [0.29, 0.717) is 34.1 Å². The van der Waals surface area contributed by atoms with E-state index >= 15 is 0 Å². The highest BCUT2D eigenvalue weighted by Crippen LogP contribution is 2.27. The van der Waals surface area contributed by atoms with Crippen LogP contribution in [-0.2, 0) is 9.59 Å². The van der Waals surface area contributed by atoms with Crippen LogP contribution >= 0.6 is 11.8 Å². The fourth-order valence-corrected chi connectivity index (χ4v) is 3.89. The Hall–Kier alpha value is -3.46. The van der Waals surface area contributed by atoms with Gasteiger partial charge >= 0.3 is 0 Å². The van der Waals surface area contributed by atoms with Crippen LogP contribution in [0.2, 0.25) is 0 Å². The first-order chi connectivity index (χ1) is 14.5. The van der Waals surface area contributed by atoms with E-state index in [4.69, 9.17) is 0 Å². The summed E-state index contributed by atoms with van der Waals surface area (Å²) in [5.41, 5.74) is 3.64. The first kappa shape index (κ1) is 19.8. The standard InChI is InChI=1S/C21H20N6O2S/c1-3-17(20(29)23-14-10-8-13(9-11-14)22-12(2)28)30-21-25-19-18(26-27-21)15-6-4-5-7-16(15)24-19/h4-11,17H,3H2,1-2H3,(H,22,28)(H,23,29)(H,24,25,27). The molecule has 9 heteroatoms. The Kier molecular flexibility index (Phi) is 5.62. The van der Waals surface area contributed by atoms with Crippen molar-refractivity contribution < 1.29 is 9.59 Å². The molecule has 1 unspecified atom stereocenters. The summed E-state index contributed by atoms with van der Waals surface area (Å²) in [4.78, 5) is 31.6. The SMILES string of the molecule is CCC(Sc1nnc2c(n1)[nH]c1ccccc12)C(=O)Nc1ccc(NC(C)=O)cc1. The normalized spacial score (nSPS) is 12.1. The van der Waals surface area contributed by atoms with E-state index < -0.39 is 0 Å². The molecule has 2 amide bonds. The summed E-state index contributed by atoms with van der Waals surface area (Å²) in [6, 6.07) is 14.8. The van der Waals surface area contributed by atoms with Crippen molar-refractivity contribution in [2.75, 3.05) is 10.6 Å². The minimum absolute atomic E-state index is 0.143. The number of H-pyrrole nitrogens is 1. The van der Waals surface area contributed by atoms with Crippen molar-refractivity contribution in [1.29, 1.82) is 0 Å². The molecule has 0 bridgehead atoms. The van der Waals surface area contributed by atoms with Gasteiger partial charge in [0.15, 0.2) is 5.65 Å². The Morgan fingerprint density at radius 3 is 2.43 bits per heavy atom. The average molecular weight is 420 g/mol. The molecular weight excluding hydrogens is 400 g/mol. The molecular formula is C21H20N6O2S. The maximum Gasteiger partial charge on any atom is 0.237 e. The number of nitrogens with zero attached hydrogens (tertiary/aromatic N) is 3. The van der Waals surface area contributed by atoms with Crippen LogP contribution in [0.15, 0.2) is 53.7 Å². The third kappa shape index (κ3) is 4.25. The Morgan fingerprint density at radius 1 is 1.03 bits per heavy atom. The summed E-state index contributed by atoms with van der Waals surface area (Å²) in [5.74, 6) is -0.287. The quantitative estimate of drug-likeness (QED) is 0.407. The first-order valence-electron chi connectivity index (χ1n) is 9.50. The lowest BCUT2D eigenvalue weighted by Gasteiger charge is -2.14. The summed E-state index contributed by atoms with van der Waals surface area (Å²) in [5, 5.41) is 15.1. The molecule has 4 aromatic rings. The minimum Gasteiger partial charge on any atom is -0.338 e. The molecule has 4 rings (SSSR count). The summed E-state index contributed by atoms with van der Waals surface area (Å²) in [6.07, 6.45) is 0.606. The molecule has 0 radical (unpaired) electrons. The third-order valence-electron chi connectivity index (χ3n) is 4.49. The second-order valence-corrected chi connectivity index (χ2v) is 7.89. The van der Waals surface area contributed by atoms with Crippen molar-refractivity contribution in [2.24, 2.45) is 0 Å². The highest BCUT2D eigenvalue weighted by Gasteiger charge is 2.20. The molecule has 0 saturated carbocycles. The molecule has 0 aliphatic rings. The number of amides is 2. The van der Waals surface area contributed by atoms with Crippen LogP contribution in [-0.4, -0.2) is 37.2 Å². The third-order valence-corrected chi connectivity index (χ3v) is 5.70. The van der Waals surface area contributed by atoms with E-state index in [2.05, 4.69) is 30.8 Å². The second kappa shape index (κ2) is 8.50. The van der Waals surface area contributed by atoms with Crippen molar-refractivity contribution in [2.45, 2.75) is 30.7 Å². The number of para-hydroxylation sites is 1. The Labute approximate surface area is 176 Å². The summed E-state index contributed by atoms with van der Waals surface area (Å²) < 4.78 is 0. The Balaban J connectivity index is 1.47. The van der Waals surface area contributed by atoms with E-state index in [1.54, 1.807) is 24.3 Å². The summed E-state index contributed by atoms with van der Waals surface area (Å²) >= 11 is 1.28. The predicted molar refractivity (Wildman–Crippen MR) is 119 cm³/mol. The molecule has 2 heterocycles.